The van der Waals surface area contributed by atoms with Gasteiger partial charge in [0.25, 0.3) is 0 Å². The molecule has 0 saturated heterocycles. The van der Waals surface area contributed by atoms with Crippen molar-refractivity contribution < 1.29 is 4.74 Å². The second-order valence-electron chi connectivity index (χ2n) is 4.67. The summed E-state index contributed by atoms with van der Waals surface area (Å²) in [6, 6.07) is 18.9. The number of para-hydroxylation sites is 1. The van der Waals surface area contributed by atoms with Crippen molar-refractivity contribution in [3.63, 3.8) is 0 Å². The Labute approximate surface area is 128 Å². The standard InChI is InChI=1S/C18H13N3O/c19-12-14-5-3-6-15(11-14)13-22-17-8-2-1-7-16(17)18-20-9-4-10-21-18/h1-11H,13H2. The molecule has 0 N–H and O–H groups in total. The number of aromatic nitrogens is 2. The van der Waals surface area contributed by atoms with Gasteiger partial charge in [0.2, 0.25) is 0 Å². The molecule has 0 atom stereocenters. The van der Waals surface area contributed by atoms with E-state index in [2.05, 4.69) is 16.0 Å². The van der Waals surface area contributed by atoms with Crippen molar-refractivity contribution in [2.45, 2.75) is 6.61 Å². The summed E-state index contributed by atoms with van der Waals surface area (Å²) < 4.78 is 5.89. The van der Waals surface area contributed by atoms with Gasteiger partial charge in [0.1, 0.15) is 12.4 Å². The minimum Gasteiger partial charge on any atom is -0.488 e. The number of benzene rings is 2. The minimum atomic E-state index is 0.388. The quantitative estimate of drug-likeness (QED) is 0.735. The van der Waals surface area contributed by atoms with Crippen LogP contribution in [0.2, 0.25) is 0 Å². The fourth-order valence-corrected chi connectivity index (χ4v) is 2.11. The zero-order valence-electron chi connectivity index (χ0n) is 11.8. The summed E-state index contributed by atoms with van der Waals surface area (Å²) in [7, 11) is 0. The number of nitrogens with zero attached hydrogens (tertiary/aromatic N) is 3. The Balaban J connectivity index is 1.83. The molecule has 0 aliphatic carbocycles. The van der Waals surface area contributed by atoms with Crippen LogP contribution in [0.3, 0.4) is 0 Å². The zero-order chi connectivity index (χ0) is 15.2. The van der Waals surface area contributed by atoms with Gasteiger partial charge in [0.05, 0.1) is 17.2 Å². The first-order chi connectivity index (χ1) is 10.9. The lowest BCUT2D eigenvalue weighted by molar-refractivity contribution is 0.307. The van der Waals surface area contributed by atoms with Crippen LogP contribution in [0.4, 0.5) is 0 Å². The highest BCUT2D eigenvalue weighted by Crippen LogP contribution is 2.27. The summed E-state index contributed by atoms with van der Waals surface area (Å²) in [4.78, 5) is 8.52. The van der Waals surface area contributed by atoms with Gasteiger partial charge in [-0.3, -0.25) is 0 Å². The molecule has 2 aromatic carbocycles. The molecule has 22 heavy (non-hydrogen) atoms. The molecule has 0 aliphatic rings. The van der Waals surface area contributed by atoms with Crippen molar-refractivity contribution in [2.24, 2.45) is 0 Å². The van der Waals surface area contributed by atoms with Crippen LogP contribution in [-0.2, 0) is 6.61 Å². The predicted molar refractivity (Wildman–Crippen MR) is 83.0 cm³/mol. The third kappa shape index (κ3) is 3.10. The number of hydrogen-bond donors (Lipinski definition) is 0. The number of hydrogen-bond acceptors (Lipinski definition) is 4. The number of nitriles is 1. The average Bonchev–Trinajstić information content (AvgIpc) is 2.61. The van der Waals surface area contributed by atoms with Crippen LogP contribution in [-0.4, -0.2) is 9.97 Å². The molecule has 0 amide bonds. The van der Waals surface area contributed by atoms with Crippen LogP contribution >= 0.6 is 0 Å². The van der Waals surface area contributed by atoms with E-state index < -0.39 is 0 Å². The second kappa shape index (κ2) is 6.51. The number of ether oxygens (including phenoxy) is 1. The van der Waals surface area contributed by atoms with Gasteiger partial charge in [-0.2, -0.15) is 5.26 Å². The molecular weight excluding hydrogens is 274 g/mol. The molecule has 0 spiro atoms. The molecule has 0 unspecified atom stereocenters. The summed E-state index contributed by atoms with van der Waals surface area (Å²) in [6.45, 7) is 0.388. The van der Waals surface area contributed by atoms with Crippen LogP contribution in [0.5, 0.6) is 5.75 Å². The van der Waals surface area contributed by atoms with E-state index in [4.69, 9.17) is 10.00 Å². The molecule has 106 valence electrons. The highest BCUT2D eigenvalue weighted by Gasteiger charge is 2.08. The molecule has 3 rings (SSSR count). The van der Waals surface area contributed by atoms with Crippen LogP contribution < -0.4 is 4.74 Å². The molecule has 1 aromatic heterocycles. The van der Waals surface area contributed by atoms with E-state index in [1.807, 2.05) is 42.5 Å². The lowest BCUT2D eigenvalue weighted by Crippen LogP contribution is -1.98. The molecular formula is C18H13N3O. The Morgan fingerprint density at radius 1 is 0.955 bits per heavy atom. The van der Waals surface area contributed by atoms with E-state index in [0.29, 0.717) is 18.0 Å². The van der Waals surface area contributed by atoms with Crippen molar-refractivity contribution in [1.82, 2.24) is 9.97 Å². The molecule has 3 aromatic rings. The maximum atomic E-state index is 8.93. The van der Waals surface area contributed by atoms with Gasteiger partial charge >= 0.3 is 0 Å². The summed E-state index contributed by atoms with van der Waals surface area (Å²) in [6.07, 6.45) is 3.41. The van der Waals surface area contributed by atoms with Crippen LogP contribution in [0.25, 0.3) is 11.4 Å². The maximum absolute atomic E-state index is 8.93. The van der Waals surface area contributed by atoms with Gasteiger partial charge in [-0.25, -0.2) is 9.97 Å². The van der Waals surface area contributed by atoms with Crippen molar-refractivity contribution in [1.29, 1.82) is 5.26 Å². The Hall–Kier alpha value is -3.19. The molecule has 4 nitrogen and oxygen atoms in total. The van der Waals surface area contributed by atoms with Crippen molar-refractivity contribution in [3.8, 4) is 23.2 Å². The third-order valence-electron chi connectivity index (χ3n) is 3.14. The normalized spacial score (nSPS) is 9.95. The van der Waals surface area contributed by atoms with Crippen molar-refractivity contribution >= 4 is 0 Å². The Morgan fingerprint density at radius 3 is 2.59 bits per heavy atom. The van der Waals surface area contributed by atoms with Crippen molar-refractivity contribution in [3.05, 3.63) is 78.1 Å². The number of rotatable bonds is 4. The monoisotopic (exact) mass is 287 g/mol. The lowest BCUT2D eigenvalue weighted by atomic mass is 10.1. The van der Waals surface area contributed by atoms with E-state index >= 15 is 0 Å². The SMILES string of the molecule is N#Cc1cccc(COc2ccccc2-c2ncccn2)c1. The molecule has 0 saturated carbocycles. The molecule has 0 radical (unpaired) electrons. The van der Waals surface area contributed by atoms with Gasteiger partial charge in [0, 0.05) is 12.4 Å². The first-order valence-corrected chi connectivity index (χ1v) is 6.85. The third-order valence-corrected chi connectivity index (χ3v) is 3.14. The fraction of sp³-hybridized carbons (Fsp3) is 0.0556. The van der Waals surface area contributed by atoms with E-state index in [0.717, 1.165) is 16.9 Å². The predicted octanol–water partition coefficient (Wildman–Crippen LogP) is 3.59. The first kappa shape index (κ1) is 13.8. The van der Waals surface area contributed by atoms with Gasteiger partial charge in [-0.1, -0.05) is 24.3 Å². The summed E-state index contributed by atoms with van der Waals surface area (Å²) >= 11 is 0. The van der Waals surface area contributed by atoms with E-state index in [-0.39, 0.29) is 0 Å². The van der Waals surface area contributed by atoms with E-state index in [9.17, 15) is 0 Å². The smallest absolute Gasteiger partial charge is 0.162 e. The highest BCUT2D eigenvalue weighted by molar-refractivity contribution is 5.63. The second-order valence-corrected chi connectivity index (χ2v) is 4.67. The Morgan fingerprint density at radius 2 is 1.77 bits per heavy atom. The van der Waals surface area contributed by atoms with Gasteiger partial charge in [0.15, 0.2) is 5.82 Å². The van der Waals surface area contributed by atoms with E-state index in [1.165, 1.54) is 0 Å². The molecule has 0 aliphatic heterocycles. The average molecular weight is 287 g/mol. The van der Waals surface area contributed by atoms with Gasteiger partial charge in [-0.05, 0) is 35.9 Å². The molecule has 4 heteroatoms. The maximum Gasteiger partial charge on any atom is 0.162 e. The highest BCUT2D eigenvalue weighted by atomic mass is 16.5. The van der Waals surface area contributed by atoms with Gasteiger partial charge < -0.3 is 4.74 Å². The first-order valence-electron chi connectivity index (χ1n) is 6.85. The topological polar surface area (TPSA) is 58.8 Å². The largest absolute Gasteiger partial charge is 0.488 e. The Kier molecular flexibility index (Phi) is 4.08. The zero-order valence-corrected chi connectivity index (χ0v) is 11.8. The van der Waals surface area contributed by atoms with E-state index in [1.54, 1.807) is 24.5 Å². The molecule has 0 bridgehead atoms. The van der Waals surface area contributed by atoms with Gasteiger partial charge in [-0.15, -0.1) is 0 Å². The van der Waals surface area contributed by atoms with Crippen LogP contribution in [0.1, 0.15) is 11.1 Å². The fourth-order valence-electron chi connectivity index (χ4n) is 2.11. The van der Waals surface area contributed by atoms with Crippen LogP contribution in [0.15, 0.2) is 67.0 Å². The summed E-state index contributed by atoms with van der Waals surface area (Å²) in [5.41, 5.74) is 2.42. The molecule has 1 heterocycles. The van der Waals surface area contributed by atoms with Crippen molar-refractivity contribution in [2.75, 3.05) is 0 Å². The summed E-state index contributed by atoms with van der Waals surface area (Å²) in [5, 5.41) is 8.93. The minimum absolute atomic E-state index is 0.388. The molecule has 0 fully saturated rings. The van der Waals surface area contributed by atoms with Crippen LogP contribution in [0, 0.1) is 11.3 Å². The Bertz CT molecular complexity index is 810. The summed E-state index contributed by atoms with van der Waals surface area (Å²) in [5.74, 6) is 1.35. The lowest BCUT2D eigenvalue weighted by Gasteiger charge is -2.10.